The topological polar surface area (TPSA) is 45.2 Å². The number of nitrogens with one attached hydrogen (secondary N) is 1. The Morgan fingerprint density at radius 1 is 1.52 bits per heavy atom. The van der Waals surface area contributed by atoms with Crippen molar-refractivity contribution in [2.75, 3.05) is 18.9 Å². The van der Waals surface area contributed by atoms with Crippen molar-refractivity contribution in [1.29, 1.82) is 0 Å². The van der Waals surface area contributed by atoms with Crippen LogP contribution in [0.15, 0.2) is 34.2 Å². The molecule has 0 saturated carbocycles. The summed E-state index contributed by atoms with van der Waals surface area (Å²) in [5, 5.41) is 5.22. The van der Waals surface area contributed by atoms with Gasteiger partial charge < -0.3 is 10.2 Å². The lowest BCUT2D eigenvalue weighted by molar-refractivity contribution is 0.0787. The summed E-state index contributed by atoms with van der Waals surface area (Å²) in [6.07, 6.45) is 2.68. The van der Waals surface area contributed by atoms with Crippen molar-refractivity contribution >= 4 is 39.0 Å². The zero-order valence-corrected chi connectivity index (χ0v) is 14.5. The highest BCUT2D eigenvalue weighted by Gasteiger charge is 2.18. The third kappa shape index (κ3) is 4.28. The van der Waals surface area contributed by atoms with Gasteiger partial charge in [-0.05, 0) is 39.9 Å². The fraction of sp³-hybridized carbons (Fsp3) is 0.333. The van der Waals surface area contributed by atoms with E-state index in [4.69, 9.17) is 0 Å². The predicted octanol–water partition coefficient (Wildman–Crippen LogP) is 4.00. The number of rotatable bonds is 6. The molecule has 2 aromatic rings. The molecule has 0 aliphatic carbocycles. The highest BCUT2D eigenvalue weighted by Crippen LogP contribution is 2.21. The van der Waals surface area contributed by atoms with Crippen LogP contribution < -0.4 is 5.32 Å². The SMILES string of the molecule is CCCNc1ncc(Br)cc1C(=O)N(C)Cc1cccs1. The normalized spacial score (nSPS) is 10.4. The second kappa shape index (κ2) is 7.56. The van der Waals surface area contributed by atoms with Gasteiger partial charge in [0.1, 0.15) is 5.82 Å². The fourth-order valence-electron chi connectivity index (χ4n) is 1.90. The molecule has 2 aromatic heterocycles. The molecule has 0 aliphatic rings. The van der Waals surface area contributed by atoms with Crippen LogP contribution in [0.5, 0.6) is 0 Å². The number of thiophene rings is 1. The lowest BCUT2D eigenvalue weighted by atomic mass is 10.2. The molecule has 2 rings (SSSR count). The number of halogens is 1. The van der Waals surface area contributed by atoms with Gasteiger partial charge in [-0.25, -0.2) is 4.98 Å². The standard InChI is InChI=1S/C15H18BrN3OS/c1-3-6-17-14-13(8-11(16)9-18-14)15(20)19(2)10-12-5-4-7-21-12/h4-5,7-9H,3,6,10H2,1-2H3,(H,17,18). The lowest BCUT2D eigenvalue weighted by Crippen LogP contribution is -2.27. The van der Waals surface area contributed by atoms with Crippen molar-refractivity contribution in [2.24, 2.45) is 0 Å². The Morgan fingerprint density at radius 3 is 3.00 bits per heavy atom. The molecular weight excluding hydrogens is 350 g/mol. The molecule has 0 bridgehead atoms. The smallest absolute Gasteiger partial charge is 0.257 e. The van der Waals surface area contributed by atoms with Crippen LogP contribution in [-0.4, -0.2) is 29.4 Å². The summed E-state index contributed by atoms with van der Waals surface area (Å²) in [5.74, 6) is 0.610. The Hall–Kier alpha value is -1.40. The number of pyridine rings is 1. The van der Waals surface area contributed by atoms with Crippen molar-refractivity contribution in [1.82, 2.24) is 9.88 Å². The van der Waals surface area contributed by atoms with E-state index in [1.165, 1.54) is 0 Å². The minimum absolute atomic E-state index is 0.0317. The summed E-state index contributed by atoms with van der Waals surface area (Å²) in [4.78, 5) is 19.8. The molecule has 0 aliphatic heterocycles. The first-order valence-corrected chi connectivity index (χ1v) is 8.46. The maximum absolute atomic E-state index is 12.6. The minimum Gasteiger partial charge on any atom is -0.369 e. The Morgan fingerprint density at radius 2 is 2.33 bits per heavy atom. The van der Waals surface area contributed by atoms with Crippen LogP contribution in [0.1, 0.15) is 28.6 Å². The summed E-state index contributed by atoms with van der Waals surface area (Å²) in [6.45, 7) is 3.48. The first kappa shape index (κ1) is 16.0. The van der Waals surface area contributed by atoms with Gasteiger partial charge in [0.25, 0.3) is 5.91 Å². The molecule has 112 valence electrons. The lowest BCUT2D eigenvalue weighted by Gasteiger charge is -2.18. The van der Waals surface area contributed by atoms with Gasteiger partial charge in [-0.1, -0.05) is 13.0 Å². The van der Waals surface area contributed by atoms with Gasteiger partial charge in [0.05, 0.1) is 12.1 Å². The van der Waals surface area contributed by atoms with Crippen LogP contribution in [0, 0.1) is 0 Å². The Bertz CT molecular complexity index is 601. The van der Waals surface area contributed by atoms with E-state index in [1.54, 1.807) is 22.4 Å². The summed E-state index contributed by atoms with van der Waals surface area (Å²) >= 11 is 5.03. The van der Waals surface area contributed by atoms with Crippen LogP contribution >= 0.6 is 27.3 Å². The third-order valence-electron chi connectivity index (χ3n) is 2.95. The molecule has 0 unspecified atom stereocenters. The number of anilines is 1. The van der Waals surface area contributed by atoms with Gasteiger partial charge in [0.15, 0.2) is 0 Å². The molecule has 0 spiro atoms. The molecule has 6 heteroatoms. The highest BCUT2D eigenvalue weighted by atomic mass is 79.9. The first-order chi connectivity index (χ1) is 10.1. The van der Waals surface area contributed by atoms with E-state index in [2.05, 4.69) is 33.2 Å². The molecule has 21 heavy (non-hydrogen) atoms. The van der Waals surface area contributed by atoms with Gasteiger partial charge in [-0.2, -0.15) is 0 Å². The van der Waals surface area contributed by atoms with Crippen molar-refractivity contribution < 1.29 is 4.79 Å². The van der Waals surface area contributed by atoms with E-state index in [-0.39, 0.29) is 5.91 Å². The maximum Gasteiger partial charge on any atom is 0.257 e. The van der Waals surface area contributed by atoms with Crippen LogP contribution in [0.2, 0.25) is 0 Å². The van der Waals surface area contributed by atoms with E-state index in [9.17, 15) is 4.79 Å². The van der Waals surface area contributed by atoms with Crippen LogP contribution in [-0.2, 0) is 6.54 Å². The molecule has 0 aromatic carbocycles. The van der Waals surface area contributed by atoms with Gasteiger partial charge in [-0.3, -0.25) is 4.79 Å². The van der Waals surface area contributed by atoms with E-state index < -0.39 is 0 Å². The van der Waals surface area contributed by atoms with Gasteiger partial charge in [0, 0.05) is 29.1 Å². The number of hydrogen-bond donors (Lipinski definition) is 1. The summed E-state index contributed by atoms with van der Waals surface area (Å²) in [5.41, 5.74) is 0.594. The molecule has 1 N–H and O–H groups in total. The number of hydrogen-bond acceptors (Lipinski definition) is 4. The van der Waals surface area contributed by atoms with E-state index in [0.29, 0.717) is 17.9 Å². The van der Waals surface area contributed by atoms with Crippen LogP contribution in [0.25, 0.3) is 0 Å². The van der Waals surface area contributed by atoms with Crippen LogP contribution in [0.4, 0.5) is 5.82 Å². The van der Waals surface area contributed by atoms with Gasteiger partial charge in [0.2, 0.25) is 0 Å². The number of carbonyl (C=O) groups is 1. The number of aromatic nitrogens is 1. The monoisotopic (exact) mass is 367 g/mol. The minimum atomic E-state index is -0.0317. The van der Waals surface area contributed by atoms with Crippen molar-refractivity contribution in [3.63, 3.8) is 0 Å². The summed E-state index contributed by atoms with van der Waals surface area (Å²) in [7, 11) is 1.81. The number of nitrogens with zero attached hydrogens (tertiary/aromatic N) is 2. The molecule has 0 fully saturated rings. The number of carbonyl (C=O) groups excluding carboxylic acids is 1. The Balaban J connectivity index is 2.18. The van der Waals surface area contributed by atoms with E-state index in [1.807, 2.05) is 30.6 Å². The Labute approximate surface area is 137 Å². The fourth-order valence-corrected chi connectivity index (χ4v) is 2.99. The van der Waals surface area contributed by atoms with Crippen molar-refractivity contribution in [2.45, 2.75) is 19.9 Å². The molecule has 2 heterocycles. The molecule has 0 radical (unpaired) electrons. The van der Waals surface area contributed by atoms with Crippen molar-refractivity contribution in [3.8, 4) is 0 Å². The molecule has 1 amide bonds. The van der Waals surface area contributed by atoms with Gasteiger partial charge >= 0.3 is 0 Å². The Kier molecular flexibility index (Phi) is 5.76. The van der Waals surface area contributed by atoms with Crippen molar-refractivity contribution in [3.05, 3.63) is 44.7 Å². The van der Waals surface area contributed by atoms with E-state index in [0.717, 1.165) is 22.3 Å². The average molecular weight is 368 g/mol. The number of amides is 1. The zero-order valence-electron chi connectivity index (χ0n) is 12.1. The maximum atomic E-state index is 12.6. The quantitative estimate of drug-likeness (QED) is 0.838. The second-order valence-electron chi connectivity index (χ2n) is 4.72. The summed E-state index contributed by atoms with van der Waals surface area (Å²) in [6, 6.07) is 5.84. The largest absolute Gasteiger partial charge is 0.369 e. The van der Waals surface area contributed by atoms with E-state index >= 15 is 0 Å². The zero-order chi connectivity index (χ0) is 15.2. The molecule has 4 nitrogen and oxygen atoms in total. The molecular formula is C15H18BrN3OS. The molecule has 0 atom stereocenters. The average Bonchev–Trinajstić information content (AvgIpc) is 2.98. The summed E-state index contributed by atoms with van der Waals surface area (Å²) < 4.78 is 0.803. The highest BCUT2D eigenvalue weighted by molar-refractivity contribution is 9.10. The first-order valence-electron chi connectivity index (χ1n) is 6.79. The molecule has 0 saturated heterocycles. The predicted molar refractivity (Wildman–Crippen MR) is 90.8 cm³/mol. The van der Waals surface area contributed by atoms with Crippen LogP contribution in [0.3, 0.4) is 0 Å². The van der Waals surface area contributed by atoms with Gasteiger partial charge in [-0.15, -0.1) is 11.3 Å². The third-order valence-corrected chi connectivity index (χ3v) is 4.24. The second-order valence-corrected chi connectivity index (χ2v) is 6.66.